The second-order valence-electron chi connectivity index (χ2n) is 7.71. The number of nitrogens with zero attached hydrogens (tertiary/aromatic N) is 2. The van der Waals surface area contributed by atoms with Gasteiger partial charge >= 0.3 is 0 Å². The van der Waals surface area contributed by atoms with Crippen LogP contribution < -0.4 is 10.6 Å². The Morgan fingerprint density at radius 3 is 2.70 bits per heavy atom. The maximum absolute atomic E-state index is 5.52. The molecule has 2 N–H and O–H groups in total. The van der Waals surface area contributed by atoms with Gasteiger partial charge < -0.3 is 20.1 Å². The highest BCUT2D eigenvalue weighted by Gasteiger charge is 2.25. The summed E-state index contributed by atoms with van der Waals surface area (Å²) in [6, 6.07) is 4.79. The number of thiophene rings is 1. The second kappa shape index (κ2) is 17.2. The molecule has 1 aromatic heterocycles. The normalized spacial score (nSPS) is 16.8. The van der Waals surface area contributed by atoms with E-state index in [1.165, 1.54) is 30.8 Å². The van der Waals surface area contributed by atoms with Crippen molar-refractivity contribution in [3.63, 3.8) is 0 Å². The van der Waals surface area contributed by atoms with Crippen molar-refractivity contribution in [1.29, 1.82) is 0 Å². The first-order valence-electron chi connectivity index (χ1n) is 11.1. The number of nitrogens with one attached hydrogen (secondary N) is 2. The average Bonchev–Trinajstić information content (AvgIpc) is 3.26. The maximum Gasteiger partial charge on any atom is 0.191 e. The largest absolute Gasteiger partial charge is 0.382 e. The van der Waals surface area contributed by atoms with Gasteiger partial charge in [0.25, 0.3) is 0 Å². The molecule has 1 saturated heterocycles. The summed E-state index contributed by atoms with van der Waals surface area (Å²) in [5, 5.41) is 9.04. The first kappa shape index (κ1) is 27.6. The van der Waals surface area contributed by atoms with Crippen molar-refractivity contribution in [2.45, 2.75) is 45.6 Å². The molecule has 0 saturated carbocycles. The molecular formula is C22H41IN4O2S. The lowest BCUT2D eigenvalue weighted by Crippen LogP contribution is -2.40. The van der Waals surface area contributed by atoms with Crippen LogP contribution in [0.15, 0.2) is 22.5 Å². The van der Waals surface area contributed by atoms with E-state index in [4.69, 9.17) is 14.5 Å². The lowest BCUT2D eigenvalue weighted by molar-refractivity contribution is 0.0689. The Morgan fingerprint density at radius 2 is 2.03 bits per heavy atom. The number of rotatable bonds is 13. The molecule has 174 valence electrons. The summed E-state index contributed by atoms with van der Waals surface area (Å²) in [6.45, 7) is 11.5. The zero-order valence-electron chi connectivity index (χ0n) is 18.9. The minimum absolute atomic E-state index is 0. The van der Waals surface area contributed by atoms with Gasteiger partial charge in [0.2, 0.25) is 0 Å². The molecular weight excluding hydrogens is 511 g/mol. The van der Waals surface area contributed by atoms with Crippen LogP contribution in [0.1, 0.15) is 50.4 Å². The number of hydrogen-bond donors (Lipinski definition) is 2. The molecule has 0 radical (unpaired) electrons. The summed E-state index contributed by atoms with van der Waals surface area (Å²) >= 11 is 1.85. The SMILES string of the molecule is CCNC(=NCC(c1cccs1)N1CCC(C)CC1)NCCCCOCCOC.I. The standard InChI is InChI=1S/C22H40N4O2S.HI/c1-4-23-22(24-11-5-6-14-28-16-15-27-3)25-18-20(21-8-7-17-29-21)26-12-9-19(2)10-13-26;/h7-8,17,19-20H,4-6,9-16,18H2,1-3H3,(H2,23,24,25);1H. The molecule has 2 heterocycles. The third-order valence-corrected chi connectivity index (χ3v) is 6.31. The maximum atomic E-state index is 5.52. The van der Waals surface area contributed by atoms with Crippen LogP contribution in [0.3, 0.4) is 0 Å². The lowest BCUT2D eigenvalue weighted by atomic mass is 9.97. The molecule has 1 aliphatic heterocycles. The van der Waals surface area contributed by atoms with Crippen LogP contribution >= 0.6 is 35.3 Å². The van der Waals surface area contributed by atoms with Crippen LogP contribution in [0.2, 0.25) is 0 Å². The van der Waals surface area contributed by atoms with Crippen molar-refractivity contribution < 1.29 is 9.47 Å². The van der Waals surface area contributed by atoms with Gasteiger partial charge in [0.1, 0.15) is 0 Å². The molecule has 1 atom stereocenters. The fraction of sp³-hybridized carbons (Fsp3) is 0.773. The summed E-state index contributed by atoms with van der Waals surface area (Å²) in [5.74, 6) is 1.76. The lowest BCUT2D eigenvalue weighted by Gasteiger charge is -2.35. The minimum Gasteiger partial charge on any atom is -0.382 e. The number of methoxy groups -OCH3 is 1. The Hall–Kier alpha value is -0.420. The molecule has 1 fully saturated rings. The first-order chi connectivity index (χ1) is 14.2. The van der Waals surface area contributed by atoms with Gasteiger partial charge in [-0.15, -0.1) is 35.3 Å². The predicted molar refractivity (Wildman–Crippen MR) is 138 cm³/mol. The van der Waals surface area contributed by atoms with Gasteiger partial charge in [0, 0.05) is 31.7 Å². The van der Waals surface area contributed by atoms with Crippen LogP contribution in [-0.4, -0.2) is 70.5 Å². The quantitative estimate of drug-likeness (QED) is 0.167. The summed E-state index contributed by atoms with van der Waals surface area (Å²) in [4.78, 5) is 8.98. The van der Waals surface area contributed by atoms with E-state index in [0.29, 0.717) is 19.3 Å². The molecule has 30 heavy (non-hydrogen) atoms. The van der Waals surface area contributed by atoms with Gasteiger partial charge in [0.15, 0.2) is 5.96 Å². The van der Waals surface area contributed by atoms with E-state index >= 15 is 0 Å². The number of halogens is 1. The van der Waals surface area contributed by atoms with E-state index in [1.807, 2.05) is 11.3 Å². The Labute approximate surface area is 204 Å². The van der Waals surface area contributed by atoms with Crippen LogP contribution in [0.4, 0.5) is 0 Å². The van der Waals surface area contributed by atoms with Crippen LogP contribution in [0.25, 0.3) is 0 Å². The molecule has 0 aliphatic carbocycles. The Bertz CT molecular complexity index is 551. The van der Waals surface area contributed by atoms with Crippen molar-refractivity contribution in [3.8, 4) is 0 Å². The average molecular weight is 553 g/mol. The molecule has 0 amide bonds. The molecule has 1 aromatic rings. The van der Waals surface area contributed by atoms with Gasteiger partial charge in [0.05, 0.1) is 25.8 Å². The highest BCUT2D eigenvalue weighted by atomic mass is 127. The van der Waals surface area contributed by atoms with E-state index in [0.717, 1.165) is 51.0 Å². The summed E-state index contributed by atoms with van der Waals surface area (Å²) in [5.41, 5.74) is 0. The Balaban J connectivity index is 0.00000450. The topological polar surface area (TPSA) is 58.1 Å². The van der Waals surface area contributed by atoms with Crippen molar-refractivity contribution in [2.24, 2.45) is 10.9 Å². The third-order valence-electron chi connectivity index (χ3n) is 5.34. The molecule has 1 unspecified atom stereocenters. The number of hydrogen-bond acceptors (Lipinski definition) is 5. The number of aliphatic imine (C=N–C) groups is 1. The Morgan fingerprint density at radius 1 is 1.23 bits per heavy atom. The van der Waals surface area contributed by atoms with Gasteiger partial charge in [-0.25, -0.2) is 0 Å². The smallest absolute Gasteiger partial charge is 0.191 e. The summed E-state index contributed by atoms with van der Waals surface area (Å²) in [7, 11) is 1.70. The molecule has 1 aliphatic rings. The molecule has 2 rings (SSSR count). The van der Waals surface area contributed by atoms with Gasteiger partial charge in [-0.2, -0.15) is 0 Å². The number of piperidine rings is 1. The molecule has 0 aromatic carbocycles. The number of unbranched alkanes of at least 4 members (excludes halogenated alkanes) is 1. The van der Waals surface area contributed by atoms with Crippen LogP contribution in [-0.2, 0) is 9.47 Å². The fourth-order valence-electron chi connectivity index (χ4n) is 3.51. The number of guanidine groups is 1. The molecule has 6 nitrogen and oxygen atoms in total. The Kier molecular flexibility index (Phi) is 15.8. The summed E-state index contributed by atoms with van der Waals surface area (Å²) in [6.07, 6.45) is 4.68. The second-order valence-corrected chi connectivity index (χ2v) is 8.69. The third kappa shape index (κ3) is 10.7. The van der Waals surface area contributed by atoms with E-state index in [2.05, 4.69) is 46.9 Å². The highest BCUT2D eigenvalue weighted by Crippen LogP contribution is 2.29. The summed E-state index contributed by atoms with van der Waals surface area (Å²) < 4.78 is 10.5. The predicted octanol–water partition coefficient (Wildman–Crippen LogP) is 4.14. The van der Waals surface area contributed by atoms with E-state index in [9.17, 15) is 0 Å². The highest BCUT2D eigenvalue weighted by molar-refractivity contribution is 14.0. The van der Waals surface area contributed by atoms with Crippen LogP contribution in [0.5, 0.6) is 0 Å². The zero-order chi connectivity index (χ0) is 20.7. The number of likely N-dealkylation sites (tertiary alicyclic amines) is 1. The van der Waals surface area contributed by atoms with Crippen LogP contribution in [0, 0.1) is 5.92 Å². The van der Waals surface area contributed by atoms with Crippen molar-refractivity contribution in [1.82, 2.24) is 15.5 Å². The van der Waals surface area contributed by atoms with Crippen molar-refractivity contribution in [2.75, 3.05) is 59.7 Å². The zero-order valence-corrected chi connectivity index (χ0v) is 22.0. The monoisotopic (exact) mass is 552 g/mol. The van der Waals surface area contributed by atoms with E-state index < -0.39 is 0 Å². The molecule has 8 heteroatoms. The molecule has 0 spiro atoms. The number of ether oxygens (including phenoxy) is 2. The van der Waals surface area contributed by atoms with Gasteiger partial charge in [-0.1, -0.05) is 13.0 Å². The first-order valence-corrected chi connectivity index (χ1v) is 12.0. The van der Waals surface area contributed by atoms with Gasteiger partial charge in [-0.05, 0) is 63.1 Å². The van der Waals surface area contributed by atoms with Crippen molar-refractivity contribution in [3.05, 3.63) is 22.4 Å². The molecule has 0 bridgehead atoms. The van der Waals surface area contributed by atoms with E-state index in [-0.39, 0.29) is 24.0 Å². The van der Waals surface area contributed by atoms with E-state index in [1.54, 1.807) is 7.11 Å². The fourth-order valence-corrected chi connectivity index (χ4v) is 4.36. The van der Waals surface area contributed by atoms with Crippen molar-refractivity contribution >= 4 is 41.3 Å². The minimum atomic E-state index is 0. The van der Waals surface area contributed by atoms with Gasteiger partial charge in [-0.3, -0.25) is 9.89 Å².